The first-order chi connectivity index (χ1) is 8.08. The normalized spacial score (nSPS) is 11.3. The van der Waals surface area contributed by atoms with Gasteiger partial charge >= 0.3 is 0 Å². The van der Waals surface area contributed by atoms with E-state index in [9.17, 15) is 4.79 Å². The highest BCUT2D eigenvalue weighted by Crippen LogP contribution is 2.11. The van der Waals surface area contributed by atoms with Gasteiger partial charge < -0.3 is 0 Å². The lowest BCUT2D eigenvalue weighted by molar-refractivity contribution is -0.109. The molecule has 0 spiro atoms. The van der Waals surface area contributed by atoms with Crippen molar-refractivity contribution in [2.24, 2.45) is 5.92 Å². The fraction of sp³-hybridized carbons (Fsp3) is 0.400. The van der Waals surface area contributed by atoms with E-state index in [1.54, 1.807) is 6.92 Å². The summed E-state index contributed by atoms with van der Waals surface area (Å²) in [6, 6.07) is 8.62. The fourth-order valence-corrected chi connectivity index (χ4v) is 2.01. The van der Waals surface area contributed by atoms with Crippen LogP contribution < -0.4 is 0 Å². The van der Waals surface area contributed by atoms with E-state index in [4.69, 9.17) is 0 Å². The Morgan fingerprint density at radius 3 is 2.47 bits per heavy atom. The van der Waals surface area contributed by atoms with E-state index < -0.39 is 0 Å². The Balaban J connectivity index is 2.47. The van der Waals surface area contributed by atoms with Crippen LogP contribution in [0, 0.1) is 5.92 Å². The van der Waals surface area contributed by atoms with Gasteiger partial charge in [0.15, 0.2) is 5.12 Å². The molecule has 1 rings (SSSR count). The van der Waals surface area contributed by atoms with Gasteiger partial charge in [-0.05, 0) is 23.5 Å². The minimum atomic E-state index is 0.168. The Bertz CT molecular complexity index is 376. The molecule has 0 unspecified atom stereocenters. The molecule has 0 bridgehead atoms. The smallest absolute Gasteiger partial charge is 0.186 e. The first-order valence-corrected chi connectivity index (χ1v) is 6.95. The average molecular weight is 248 g/mol. The molecule has 0 amide bonds. The largest absolute Gasteiger partial charge is 0.288 e. The molecule has 1 nitrogen and oxygen atoms in total. The van der Waals surface area contributed by atoms with Crippen molar-refractivity contribution in [2.75, 3.05) is 5.75 Å². The number of rotatable bonds is 5. The van der Waals surface area contributed by atoms with E-state index in [2.05, 4.69) is 44.2 Å². The molecule has 0 saturated heterocycles. The van der Waals surface area contributed by atoms with Gasteiger partial charge in [-0.15, -0.1) is 0 Å². The van der Waals surface area contributed by atoms with Crippen LogP contribution in [0.3, 0.4) is 0 Å². The molecule has 1 aromatic rings. The Morgan fingerprint density at radius 2 is 1.94 bits per heavy atom. The van der Waals surface area contributed by atoms with Gasteiger partial charge in [0, 0.05) is 12.7 Å². The molecule has 0 fully saturated rings. The van der Waals surface area contributed by atoms with Crippen molar-refractivity contribution in [3.8, 4) is 0 Å². The molecular weight excluding hydrogens is 228 g/mol. The van der Waals surface area contributed by atoms with Gasteiger partial charge in [-0.1, -0.05) is 62.0 Å². The van der Waals surface area contributed by atoms with Crippen LogP contribution in [0.2, 0.25) is 0 Å². The van der Waals surface area contributed by atoms with Crippen LogP contribution >= 0.6 is 11.8 Å². The minimum absolute atomic E-state index is 0.168. The van der Waals surface area contributed by atoms with Crippen molar-refractivity contribution in [3.05, 3.63) is 41.5 Å². The summed E-state index contributed by atoms with van der Waals surface area (Å²) in [5, 5.41) is 0.168. The zero-order valence-electron chi connectivity index (χ0n) is 10.8. The van der Waals surface area contributed by atoms with E-state index in [0.29, 0.717) is 5.92 Å². The van der Waals surface area contributed by atoms with Crippen molar-refractivity contribution in [1.29, 1.82) is 0 Å². The predicted octanol–water partition coefficient (Wildman–Crippen LogP) is 4.18. The number of hydrogen-bond donors (Lipinski definition) is 0. The molecule has 17 heavy (non-hydrogen) atoms. The standard InChI is InChI=1S/C15H20OS/c1-12(2)11-15-8-6-14(7-9-15)5-4-10-17-13(3)16/h4-9,12H,10-11H2,1-3H3. The van der Waals surface area contributed by atoms with Crippen LogP contribution in [-0.4, -0.2) is 10.9 Å². The van der Waals surface area contributed by atoms with Crippen LogP contribution in [0.1, 0.15) is 31.9 Å². The molecule has 1 aromatic carbocycles. The van der Waals surface area contributed by atoms with Crippen molar-refractivity contribution in [2.45, 2.75) is 27.2 Å². The quantitative estimate of drug-likeness (QED) is 0.777. The zero-order valence-corrected chi connectivity index (χ0v) is 11.6. The maximum atomic E-state index is 10.7. The Labute approximate surface area is 108 Å². The van der Waals surface area contributed by atoms with E-state index in [1.165, 1.54) is 22.9 Å². The lowest BCUT2D eigenvalue weighted by Crippen LogP contribution is -1.93. The molecular formula is C15H20OS. The highest BCUT2D eigenvalue weighted by Gasteiger charge is 1.96. The Morgan fingerprint density at radius 1 is 1.29 bits per heavy atom. The SMILES string of the molecule is CC(=O)SCC=Cc1ccc(CC(C)C)cc1. The van der Waals surface area contributed by atoms with Gasteiger partial charge in [0.1, 0.15) is 0 Å². The van der Waals surface area contributed by atoms with Gasteiger partial charge in [-0.2, -0.15) is 0 Å². The number of thioether (sulfide) groups is 1. The molecule has 0 aliphatic carbocycles. The Kier molecular flexibility index (Phi) is 6.06. The first kappa shape index (κ1) is 14.0. The maximum absolute atomic E-state index is 10.7. The second-order valence-electron chi connectivity index (χ2n) is 4.54. The molecule has 0 aliphatic heterocycles. The van der Waals surface area contributed by atoms with Gasteiger partial charge in [0.25, 0.3) is 0 Å². The van der Waals surface area contributed by atoms with Crippen molar-refractivity contribution >= 4 is 23.0 Å². The summed E-state index contributed by atoms with van der Waals surface area (Å²) < 4.78 is 0. The van der Waals surface area contributed by atoms with Gasteiger partial charge in [0.05, 0.1) is 0 Å². The van der Waals surface area contributed by atoms with Crippen LogP contribution in [0.5, 0.6) is 0 Å². The summed E-state index contributed by atoms with van der Waals surface area (Å²) in [6.07, 6.45) is 5.22. The molecule has 0 atom stereocenters. The zero-order chi connectivity index (χ0) is 12.7. The monoisotopic (exact) mass is 248 g/mol. The first-order valence-electron chi connectivity index (χ1n) is 5.97. The lowest BCUT2D eigenvalue weighted by Gasteiger charge is -2.04. The molecule has 0 heterocycles. The third-order valence-electron chi connectivity index (χ3n) is 2.32. The molecule has 0 aromatic heterocycles. The number of carbonyl (C=O) groups excluding carboxylic acids is 1. The summed E-state index contributed by atoms with van der Waals surface area (Å²) in [5.41, 5.74) is 2.58. The van der Waals surface area contributed by atoms with Crippen molar-refractivity contribution in [1.82, 2.24) is 0 Å². The van der Waals surface area contributed by atoms with Crippen molar-refractivity contribution < 1.29 is 4.79 Å². The summed E-state index contributed by atoms with van der Waals surface area (Å²) in [7, 11) is 0. The third kappa shape index (κ3) is 6.32. The van der Waals surface area contributed by atoms with E-state index in [-0.39, 0.29) is 5.12 Å². The second kappa shape index (κ2) is 7.33. The molecule has 0 saturated carbocycles. The van der Waals surface area contributed by atoms with E-state index in [0.717, 1.165) is 12.2 Å². The number of benzene rings is 1. The summed E-state index contributed by atoms with van der Waals surface area (Å²) in [4.78, 5) is 10.7. The highest BCUT2D eigenvalue weighted by molar-refractivity contribution is 8.13. The van der Waals surface area contributed by atoms with Crippen LogP contribution in [0.4, 0.5) is 0 Å². The van der Waals surface area contributed by atoms with E-state index >= 15 is 0 Å². The second-order valence-corrected chi connectivity index (χ2v) is 5.74. The predicted molar refractivity (Wildman–Crippen MR) is 77.2 cm³/mol. The summed E-state index contributed by atoms with van der Waals surface area (Å²) in [6.45, 7) is 6.05. The maximum Gasteiger partial charge on any atom is 0.186 e. The number of carbonyl (C=O) groups is 1. The third-order valence-corrected chi connectivity index (χ3v) is 3.08. The van der Waals surface area contributed by atoms with Crippen LogP contribution in [-0.2, 0) is 11.2 Å². The van der Waals surface area contributed by atoms with Gasteiger partial charge in [0.2, 0.25) is 0 Å². The molecule has 2 heteroatoms. The fourth-order valence-electron chi connectivity index (χ4n) is 1.59. The summed E-state index contributed by atoms with van der Waals surface area (Å²) in [5.74, 6) is 1.45. The summed E-state index contributed by atoms with van der Waals surface area (Å²) >= 11 is 1.34. The highest BCUT2D eigenvalue weighted by atomic mass is 32.2. The lowest BCUT2D eigenvalue weighted by atomic mass is 10.0. The van der Waals surface area contributed by atoms with Crippen molar-refractivity contribution in [3.63, 3.8) is 0 Å². The average Bonchev–Trinajstić information content (AvgIpc) is 2.25. The van der Waals surface area contributed by atoms with Gasteiger partial charge in [-0.25, -0.2) is 0 Å². The van der Waals surface area contributed by atoms with Gasteiger partial charge in [-0.3, -0.25) is 4.79 Å². The molecule has 0 N–H and O–H groups in total. The molecule has 92 valence electrons. The topological polar surface area (TPSA) is 17.1 Å². The Hall–Kier alpha value is -1.02. The van der Waals surface area contributed by atoms with Crippen LogP contribution in [0.25, 0.3) is 6.08 Å². The molecule has 0 radical (unpaired) electrons. The number of hydrogen-bond acceptors (Lipinski definition) is 2. The van der Waals surface area contributed by atoms with Crippen LogP contribution in [0.15, 0.2) is 30.3 Å². The van der Waals surface area contributed by atoms with E-state index in [1.807, 2.05) is 6.08 Å². The minimum Gasteiger partial charge on any atom is -0.288 e. The molecule has 0 aliphatic rings.